The molecule has 0 atom stereocenters. The first kappa shape index (κ1) is 16.2. The van der Waals surface area contributed by atoms with Crippen molar-refractivity contribution in [3.05, 3.63) is 22.5 Å². The Labute approximate surface area is 119 Å². The summed E-state index contributed by atoms with van der Waals surface area (Å²) < 4.78 is 0. The van der Waals surface area contributed by atoms with E-state index >= 15 is 0 Å². The van der Waals surface area contributed by atoms with Crippen LogP contribution < -0.4 is 5.32 Å². The van der Waals surface area contributed by atoms with Gasteiger partial charge in [0.15, 0.2) is 0 Å². The third-order valence-corrected chi connectivity index (χ3v) is 3.20. The number of rotatable bonds is 7. The van der Waals surface area contributed by atoms with Crippen molar-refractivity contribution in [3.63, 3.8) is 0 Å². The lowest BCUT2D eigenvalue weighted by molar-refractivity contribution is 0.0690. The molecule has 6 nitrogen and oxygen atoms in total. The number of unbranched alkanes of at least 4 members (excludes halogenated alkanes) is 1. The van der Waals surface area contributed by atoms with Crippen molar-refractivity contribution in [2.24, 2.45) is 0 Å². The quantitative estimate of drug-likeness (QED) is 0.659. The maximum Gasteiger partial charge on any atom is 0.352 e. The van der Waals surface area contributed by atoms with E-state index in [9.17, 15) is 9.59 Å². The van der Waals surface area contributed by atoms with Crippen molar-refractivity contribution in [1.82, 2.24) is 15.2 Å². The first-order valence-corrected chi connectivity index (χ1v) is 6.70. The van der Waals surface area contributed by atoms with Crippen molar-refractivity contribution in [1.29, 1.82) is 0 Å². The van der Waals surface area contributed by atoms with Gasteiger partial charge in [-0.1, -0.05) is 0 Å². The number of aromatic amines is 1. The average molecular weight is 281 g/mol. The third-order valence-electron chi connectivity index (χ3n) is 3.20. The lowest BCUT2D eigenvalue weighted by Gasteiger charge is -2.09. The van der Waals surface area contributed by atoms with Crippen molar-refractivity contribution in [2.45, 2.75) is 26.7 Å². The number of hydrogen-bond donors (Lipinski definition) is 3. The molecule has 0 fully saturated rings. The molecule has 0 saturated heterocycles. The number of carbonyl (C=O) groups excluding carboxylic acids is 1. The van der Waals surface area contributed by atoms with Gasteiger partial charge < -0.3 is 20.3 Å². The van der Waals surface area contributed by atoms with Gasteiger partial charge >= 0.3 is 5.97 Å². The number of nitrogens with zero attached hydrogens (tertiary/aromatic N) is 1. The third kappa shape index (κ3) is 4.09. The first-order chi connectivity index (χ1) is 9.34. The summed E-state index contributed by atoms with van der Waals surface area (Å²) in [5.41, 5.74) is 1.60. The number of amides is 1. The first-order valence-electron chi connectivity index (χ1n) is 6.70. The highest BCUT2D eigenvalue weighted by atomic mass is 16.4. The highest BCUT2D eigenvalue weighted by molar-refractivity contribution is 6.00. The fraction of sp³-hybridized carbons (Fsp3) is 0.571. The minimum absolute atomic E-state index is 0.0836. The molecule has 1 aromatic rings. The summed E-state index contributed by atoms with van der Waals surface area (Å²) in [4.78, 5) is 27.9. The highest BCUT2D eigenvalue weighted by Crippen LogP contribution is 2.17. The van der Waals surface area contributed by atoms with Gasteiger partial charge in [-0.2, -0.15) is 0 Å². The van der Waals surface area contributed by atoms with E-state index in [0.29, 0.717) is 23.4 Å². The van der Waals surface area contributed by atoms with Crippen LogP contribution in [-0.2, 0) is 0 Å². The van der Waals surface area contributed by atoms with Gasteiger partial charge in [-0.25, -0.2) is 4.79 Å². The Morgan fingerprint density at radius 1 is 1.25 bits per heavy atom. The van der Waals surface area contributed by atoms with Crippen LogP contribution in [-0.4, -0.2) is 54.1 Å². The summed E-state index contributed by atoms with van der Waals surface area (Å²) in [7, 11) is 4.02. The Balaban J connectivity index is 2.58. The lowest BCUT2D eigenvalue weighted by Crippen LogP contribution is -2.26. The molecule has 1 rings (SSSR count). The van der Waals surface area contributed by atoms with E-state index in [1.807, 2.05) is 14.1 Å². The number of carboxylic acids is 1. The Kier molecular flexibility index (Phi) is 5.76. The van der Waals surface area contributed by atoms with Gasteiger partial charge in [0, 0.05) is 12.2 Å². The lowest BCUT2D eigenvalue weighted by atomic mass is 10.1. The van der Waals surface area contributed by atoms with Crippen LogP contribution >= 0.6 is 0 Å². The fourth-order valence-electron chi connectivity index (χ4n) is 2.15. The Bertz CT molecular complexity index is 492. The number of hydrogen-bond acceptors (Lipinski definition) is 3. The predicted molar refractivity (Wildman–Crippen MR) is 77.3 cm³/mol. The molecule has 0 bridgehead atoms. The molecular formula is C14H23N3O3. The molecule has 6 heteroatoms. The van der Waals surface area contributed by atoms with Crippen LogP contribution in [0.4, 0.5) is 0 Å². The van der Waals surface area contributed by atoms with Crippen molar-refractivity contribution < 1.29 is 14.7 Å². The highest BCUT2D eigenvalue weighted by Gasteiger charge is 2.21. The second kappa shape index (κ2) is 7.09. The van der Waals surface area contributed by atoms with Gasteiger partial charge in [-0.15, -0.1) is 0 Å². The summed E-state index contributed by atoms with van der Waals surface area (Å²) in [5, 5.41) is 11.9. The molecular weight excluding hydrogens is 258 g/mol. The molecule has 112 valence electrons. The molecule has 1 heterocycles. The molecule has 1 amide bonds. The molecule has 0 aliphatic carbocycles. The molecule has 0 radical (unpaired) electrons. The molecule has 0 aromatic carbocycles. The molecule has 0 aliphatic rings. The van der Waals surface area contributed by atoms with Gasteiger partial charge in [-0.05, 0) is 52.9 Å². The van der Waals surface area contributed by atoms with E-state index in [2.05, 4.69) is 15.2 Å². The van der Waals surface area contributed by atoms with Crippen LogP contribution in [0.25, 0.3) is 0 Å². The standard InChI is InChI=1S/C14H23N3O3/c1-9-11(10(2)16-12(9)14(19)20)13(18)15-7-5-6-8-17(3)4/h16H,5-8H2,1-4H3,(H,15,18)(H,19,20). The largest absolute Gasteiger partial charge is 0.477 e. The molecule has 20 heavy (non-hydrogen) atoms. The molecule has 0 aliphatic heterocycles. The normalized spacial score (nSPS) is 10.8. The van der Waals surface area contributed by atoms with Crippen LogP contribution in [0.5, 0.6) is 0 Å². The van der Waals surface area contributed by atoms with Crippen LogP contribution in [0.15, 0.2) is 0 Å². The smallest absolute Gasteiger partial charge is 0.352 e. The number of carboxylic acid groups (broad SMARTS) is 1. The van der Waals surface area contributed by atoms with E-state index in [1.165, 1.54) is 0 Å². The Hall–Kier alpha value is -1.82. The Morgan fingerprint density at radius 2 is 1.90 bits per heavy atom. The zero-order chi connectivity index (χ0) is 15.3. The van der Waals surface area contributed by atoms with Gasteiger partial charge in [0.2, 0.25) is 0 Å². The van der Waals surface area contributed by atoms with Crippen molar-refractivity contribution in [2.75, 3.05) is 27.2 Å². The van der Waals surface area contributed by atoms with Crippen LogP contribution in [0, 0.1) is 13.8 Å². The van der Waals surface area contributed by atoms with E-state index in [1.54, 1.807) is 13.8 Å². The van der Waals surface area contributed by atoms with E-state index < -0.39 is 5.97 Å². The second-order valence-electron chi connectivity index (χ2n) is 5.20. The number of aromatic nitrogens is 1. The molecule has 0 saturated carbocycles. The number of nitrogens with one attached hydrogen (secondary N) is 2. The summed E-state index contributed by atoms with van der Waals surface area (Å²) in [5.74, 6) is -1.26. The van der Waals surface area contributed by atoms with Gasteiger partial charge in [0.05, 0.1) is 5.56 Å². The average Bonchev–Trinajstić information content (AvgIpc) is 2.64. The summed E-state index contributed by atoms with van der Waals surface area (Å²) in [6.07, 6.45) is 1.91. The minimum Gasteiger partial charge on any atom is -0.477 e. The predicted octanol–water partition coefficient (Wildman–Crippen LogP) is 1.40. The van der Waals surface area contributed by atoms with Crippen LogP contribution in [0.1, 0.15) is 44.9 Å². The van der Waals surface area contributed by atoms with Crippen molar-refractivity contribution in [3.8, 4) is 0 Å². The number of aromatic carboxylic acids is 1. The summed E-state index contributed by atoms with van der Waals surface area (Å²) >= 11 is 0. The monoisotopic (exact) mass is 281 g/mol. The molecule has 3 N–H and O–H groups in total. The van der Waals surface area contributed by atoms with Crippen LogP contribution in [0.3, 0.4) is 0 Å². The fourth-order valence-corrected chi connectivity index (χ4v) is 2.15. The molecule has 1 aromatic heterocycles. The van der Waals surface area contributed by atoms with E-state index in [-0.39, 0.29) is 11.6 Å². The Morgan fingerprint density at radius 3 is 2.40 bits per heavy atom. The number of aryl methyl sites for hydroxylation is 1. The molecule has 0 spiro atoms. The van der Waals surface area contributed by atoms with Crippen LogP contribution in [0.2, 0.25) is 0 Å². The van der Waals surface area contributed by atoms with Gasteiger partial charge in [-0.3, -0.25) is 4.79 Å². The zero-order valence-corrected chi connectivity index (χ0v) is 12.5. The summed E-state index contributed by atoms with van der Waals surface area (Å²) in [6, 6.07) is 0. The number of H-pyrrole nitrogens is 1. The maximum atomic E-state index is 12.1. The minimum atomic E-state index is -1.05. The van der Waals surface area contributed by atoms with Gasteiger partial charge in [0.25, 0.3) is 5.91 Å². The van der Waals surface area contributed by atoms with Gasteiger partial charge in [0.1, 0.15) is 5.69 Å². The van der Waals surface area contributed by atoms with E-state index in [4.69, 9.17) is 5.11 Å². The summed E-state index contributed by atoms with van der Waals surface area (Å²) in [6.45, 7) is 4.94. The number of carbonyl (C=O) groups is 2. The SMILES string of the molecule is Cc1[nH]c(C(=O)O)c(C)c1C(=O)NCCCCN(C)C. The molecule has 0 unspecified atom stereocenters. The topological polar surface area (TPSA) is 85.4 Å². The maximum absolute atomic E-state index is 12.1. The van der Waals surface area contributed by atoms with Crippen molar-refractivity contribution >= 4 is 11.9 Å². The van der Waals surface area contributed by atoms with E-state index in [0.717, 1.165) is 19.4 Å². The zero-order valence-electron chi connectivity index (χ0n) is 12.5. The second-order valence-corrected chi connectivity index (χ2v) is 5.20.